The maximum Gasteiger partial charge on any atom is 0.240 e. The maximum absolute atomic E-state index is 12.5. The standard InChI is InChI=1S/C21H24ClN3O4S/c1-14-6-7-15(2)19(10-14)30(28,29)24-9-8-23-21(27)16-11-20(26)25(13-16)18-5-3-4-17(22)12-18/h3-7,10,12,16,24H,8-9,11,13H2,1-2H3,(H,23,27). The SMILES string of the molecule is Cc1ccc(C)c(S(=O)(=O)NCCNC(=O)C2CC(=O)N(c3cccc(Cl)c3)C2)c1. The third-order valence-corrected chi connectivity index (χ3v) is 6.80. The van der Waals surface area contributed by atoms with Crippen LogP contribution in [0.4, 0.5) is 5.69 Å². The molecule has 1 fully saturated rings. The zero-order valence-electron chi connectivity index (χ0n) is 16.8. The molecule has 1 aliphatic heterocycles. The van der Waals surface area contributed by atoms with Gasteiger partial charge < -0.3 is 10.2 Å². The van der Waals surface area contributed by atoms with Crippen molar-refractivity contribution in [3.8, 4) is 0 Å². The molecule has 1 aliphatic rings. The first kappa shape index (κ1) is 22.3. The predicted molar refractivity (Wildman–Crippen MR) is 116 cm³/mol. The van der Waals surface area contributed by atoms with E-state index < -0.39 is 15.9 Å². The number of rotatable bonds is 7. The molecule has 0 aromatic heterocycles. The molecule has 3 rings (SSSR count). The molecule has 0 aliphatic carbocycles. The van der Waals surface area contributed by atoms with Crippen molar-refractivity contribution in [3.05, 3.63) is 58.6 Å². The molecule has 0 bridgehead atoms. The molecule has 1 unspecified atom stereocenters. The Morgan fingerprint density at radius 3 is 2.67 bits per heavy atom. The number of nitrogens with one attached hydrogen (secondary N) is 2. The second-order valence-corrected chi connectivity index (χ2v) is 9.51. The van der Waals surface area contributed by atoms with Gasteiger partial charge in [0.05, 0.1) is 10.8 Å². The normalized spacial score (nSPS) is 16.7. The molecule has 2 aromatic carbocycles. The first-order chi connectivity index (χ1) is 14.2. The van der Waals surface area contributed by atoms with Crippen molar-refractivity contribution in [1.82, 2.24) is 10.0 Å². The Kier molecular flexibility index (Phi) is 6.80. The molecule has 2 aromatic rings. The highest BCUT2D eigenvalue weighted by Crippen LogP contribution is 2.27. The van der Waals surface area contributed by atoms with Crippen LogP contribution in [-0.4, -0.2) is 39.9 Å². The number of nitrogens with zero attached hydrogens (tertiary/aromatic N) is 1. The van der Waals surface area contributed by atoms with Crippen molar-refractivity contribution in [2.24, 2.45) is 5.92 Å². The van der Waals surface area contributed by atoms with Crippen LogP contribution < -0.4 is 14.9 Å². The maximum atomic E-state index is 12.5. The molecular formula is C21H24ClN3O4S. The van der Waals surface area contributed by atoms with Gasteiger partial charge in [-0.15, -0.1) is 0 Å². The summed E-state index contributed by atoms with van der Waals surface area (Å²) in [6.45, 7) is 4.01. The number of halogens is 1. The summed E-state index contributed by atoms with van der Waals surface area (Å²) < 4.78 is 27.5. The van der Waals surface area contributed by atoms with Gasteiger partial charge in [0.25, 0.3) is 0 Å². The largest absolute Gasteiger partial charge is 0.354 e. The Balaban J connectivity index is 1.51. The van der Waals surface area contributed by atoms with Gasteiger partial charge in [-0.05, 0) is 49.2 Å². The molecule has 7 nitrogen and oxygen atoms in total. The third-order valence-electron chi connectivity index (χ3n) is 4.97. The van der Waals surface area contributed by atoms with E-state index in [1.54, 1.807) is 48.2 Å². The van der Waals surface area contributed by atoms with Gasteiger partial charge >= 0.3 is 0 Å². The number of carbonyl (C=O) groups excluding carboxylic acids is 2. The van der Waals surface area contributed by atoms with E-state index in [-0.39, 0.29) is 42.8 Å². The molecule has 1 heterocycles. The van der Waals surface area contributed by atoms with Crippen LogP contribution >= 0.6 is 11.6 Å². The molecule has 2 N–H and O–H groups in total. The topological polar surface area (TPSA) is 95.6 Å². The lowest BCUT2D eigenvalue weighted by atomic mass is 10.1. The van der Waals surface area contributed by atoms with Gasteiger partial charge in [-0.1, -0.05) is 29.8 Å². The molecule has 2 amide bonds. The van der Waals surface area contributed by atoms with Crippen LogP contribution in [0.1, 0.15) is 17.5 Å². The number of hydrogen-bond acceptors (Lipinski definition) is 4. The van der Waals surface area contributed by atoms with Crippen molar-refractivity contribution in [3.63, 3.8) is 0 Å². The summed E-state index contributed by atoms with van der Waals surface area (Å²) >= 11 is 5.98. The van der Waals surface area contributed by atoms with E-state index in [0.29, 0.717) is 16.3 Å². The number of aryl methyl sites for hydroxylation is 2. The summed E-state index contributed by atoms with van der Waals surface area (Å²) in [7, 11) is -3.66. The van der Waals surface area contributed by atoms with Crippen molar-refractivity contribution >= 4 is 39.1 Å². The van der Waals surface area contributed by atoms with E-state index in [1.807, 2.05) is 13.0 Å². The Morgan fingerprint density at radius 1 is 1.17 bits per heavy atom. The molecule has 0 radical (unpaired) electrons. The van der Waals surface area contributed by atoms with Crippen molar-refractivity contribution in [2.75, 3.05) is 24.5 Å². The van der Waals surface area contributed by atoms with Crippen LogP contribution in [-0.2, 0) is 19.6 Å². The molecule has 1 saturated heterocycles. The third kappa shape index (κ3) is 5.19. The first-order valence-electron chi connectivity index (χ1n) is 9.58. The van der Waals surface area contributed by atoms with Gasteiger partial charge in [-0.2, -0.15) is 0 Å². The molecule has 9 heteroatoms. The minimum atomic E-state index is -3.66. The fourth-order valence-corrected chi connectivity index (χ4v) is 4.91. The van der Waals surface area contributed by atoms with Gasteiger partial charge in [-0.25, -0.2) is 13.1 Å². The molecule has 0 spiro atoms. The average molecular weight is 450 g/mol. The highest BCUT2D eigenvalue weighted by atomic mass is 35.5. The molecule has 30 heavy (non-hydrogen) atoms. The number of amides is 2. The van der Waals surface area contributed by atoms with Crippen LogP contribution in [0, 0.1) is 19.8 Å². The minimum Gasteiger partial charge on any atom is -0.354 e. The second-order valence-electron chi connectivity index (χ2n) is 7.34. The predicted octanol–water partition coefficient (Wildman–Crippen LogP) is 2.40. The quantitative estimate of drug-likeness (QED) is 0.634. The monoisotopic (exact) mass is 449 g/mol. The summed E-state index contributed by atoms with van der Waals surface area (Å²) in [6, 6.07) is 12.1. The summed E-state index contributed by atoms with van der Waals surface area (Å²) in [4.78, 5) is 26.5. The second kappa shape index (κ2) is 9.16. The fraction of sp³-hybridized carbons (Fsp3) is 0.333. The zero-order valence-corrected chi connectivity index (χ0v) is 18.4. The van der Waals surface area contributed by atoms with Gasteiger partial charge in [0.1, 0.15) is 0 Å². The Labute approximate surface area is 181 Å². The lowest BCUT2D eigenvalue weighted by Gasteiger charge is -2.17. The Hall–Kier alpha value is -2.42. The van der Waals surface area contributed by atoms with Gasteiger partial charge in [0, 0.05) is 36.8 Å². The van der Waals surface area contributed by atoms with Crippen molar-refractivity contribution in [2.45, 2.75) is 25.2 Å². The molecular weight excluding hydrogens is 426 g/mol. The average Bonchev–Trinajstić information content (AvgIpc) is 3.09. The van der Waals surface area contributed by atoms with Crippen molar-refractivity contribution in [1.29, 1.82) is 0 Å². The van der Waals surface area contributed by atoms with Crippen LogP contribution in [0.2, 0.25) is 5.02 Å². The highest BCUT2D eigenvalue weighted by molar-refractivity contribution is 7.89. The van der Waals surface area contributed by atoms with Crippen LogP contribution in [0.15, 0.2) is 47.4 Å². The summed E-state index contributed by atoms with van der Waals surface area (Å²) in [6.07, 6.45) is 0.104. The lowest BCUT2D eigenvalue weighted by Crippen LogP contribution is -2.38. The summed E-state index contributed by atoms with van der Waals surface area (Å²) in [5.74, 6) is -0.918. The van der Waals surface area contributed by atoms with Crippen LogP contribution in [0.3, 0.4) is 0 Å². The van der Waals surface area contributed by atoms with E-state index in [9.17, 15) is 18.0 Å². The summed E-state index contributed by atoms with van der Waals surface area (Å²) in [5.41, 5.74) is 2.16. The molecule has 0 saturated carbocycles. The van der Waals surface area contributed by atoms with E-state index >= 15 is 0 Å². The van der Waals surface area contributed by atoms with E-state index in [4.69, 9.17) is 11.6 Å². The first-order valence-corrected chi connectivity index (χ1v) is 11.4. The van der Waals surface area contributed by atoms with E-state index in [1.165, 1.54) is 0 Å². The van der Waals surface area contributed by atoms with E-state index in [2.05, 4.69) is 10.0 Å². The number of benzene rings is 2. The van der Waals surface area contributed by atoms with Gasteiger partial charge in [0.2, 0.25) is 21.8 Å². The Bertz CT molecular complexity index is 1070. The number of anilines is 1. The van der Waals surface area contributed by atoms with E-state index in [0.717, 1.165) is 5.56 Å². The molecule has 160 valence electrons. The Morgan fingerprint density at radius 2 is 1.93 bits per heavy atom. The van der Waals surface area contributed by atoms with Crippen LogP contribution in [0.25, 0.3) is 0 Å². The smallest absolute Gasteiger partial charge is 0.240 e. The minimum absolute atomic E-state index is 0.0557. The fourth-order valence-electron chi connectivity index (χ4n) is 3.37. The number of sulfonamides is 1. The van der Waals surface area contributed by atoms with Gasteiger partial charge in [-0.3, -0.25) is 9.59 Å². The number of carbonyl (C=O) groups is 2. The lowest BCUT2D eigenvalue weighted by molar-refractivity contribution is -0.126. The van der Waals surface area contributed by atoms with Crippen LogP contribution in [0.5, 0.6) is 0 Å². The summed E-state index contributed by atoms with van der Waals surface area (Å²) in [5, 5.41) is 3.23. The highest BCUT2D eigenvalue weighted by Gasteiger charge is 2.35. The number of hydrogen-bond donors (Lipinski definition) is 2. The zero-order chi connectivity index (χ0) is 21.9. The molecule has 1 atom stereocenters. The van der Waals surface area contributed by atoms with Gasteiger partial charge in [0.15, 0.2) is 0 Å². The van der Waals surface area contributed by atoms with Crippen molar-refractivity contribution < 1.29 is 18.0 Å².